The minimum Gasteiger partial charge on any atom is -0.497 e. The number of oxazole rings is 1. The van der Waals surface area contributed by atoms with E-state index in [1.165, 1.54) is 0 Å². The minimum atomic E-state index is -0.658. The Balaban J connectivity index is 1.47. The number of benzene rings is 2. The number of methoxy groups -OCH3 is 2. The fourth-order valence-electron chi connectivity index (χ4n) is 2.99. The van der Waals surface area contributed by atoms with Crippen LogP contribution in [0.25, 0.3) is 23.5 Å². The Hall–Kier alpha value is -3.82. The van der Waals surface area contributed by atoms with E-state index in [-0.39, 0.29) is 19.0 Å². The summed E-state index contributed by atoms with van der Waals surface area (Å²) in [5, 5.41) is 3.98. The Morgan fingerprint density at radius 3 is 2.52 bits per heavy atom. The molecule has 9 nitrogen and oxygen atoms in total. The molecule has 170 valence electrons. The molecule has 33 heavy (non-hydrogen) atoms. The Kier molecular flexibility index (Phi) is 6.92. The first-order valence-electron chi connectivity index (χ1n) is 9.84. The van der Waals surface area contributed by atoms with Crippen molar-refractivity contribution >= 4 is 23.8 Å². The molecule has 0 fully saturated rings. The van der Waals surface area contributed by atoms with Gasteiger partial charge in [0.25, 0.3) is 0 Å². The normalized spacial score (nSPS) is 11.2. The zero-order valence-electron chi connectivity index (χ0n) is 17.8. The molecule has 1 N–H and O–H groups in total. The topological polar surface area (TPSA) is 113 Å². The number of hydrogen-bond acceptors (Lipinski definition) is 8. The molecule has 0 unspecified atom stereocenters. The lowest BCUT2D eigenvalue weighted by Crippen LogP contribution is -2.00. The second kappa shape index (κ2) is 10.2. The Morgan fingerprint density at radius 2 is 1.85 bits per heavy atom. The molecule has 0 saturated carbocycles. The van der Waals surface area contributed by atoms with E-state index in [1.807, 2.05) is 30.3 Å². The number of H-pyrrole nitrogens is 1. The Morgan fingerprint density at radius 1 is 1.06 bits per heavy atom. The predicted molar refractivity (Wildman–Crippen MR) is 121 cm³/mol. The van der Waals surface area contributed by atoms with Gasteiger partial charge in [-0.2, -0.15) is 0 Å². The van der Waals surface area contributed by atoms with Gasteiger partial charge in [-0.15, -0.1) is 0 Å². The molecule has 0 aliphatic rings. The maximum Gasteiger partial charge on any atom is 0.439 e. The first-order valence-corrected chi connectivity index (χ1v) is 10.2. The molecule has 0 amide bonds. The summed E-state index contributed by atoms with van der Waals surface area (Å²) in [6, 6.07) is 12.6. The highest BCUT2D eigenvalue weighted by molar-refractivity contribution is 6.33. The molecule has 2 heterocycles. The summed E-state index contributed by atoms with van der Waals surface area (Å²) in [6.45, 7) is 0.399. The second-order valence-corrected chi connectivity index (χ2v) is 7.24. The van der Waals surface area contributed by atoms with Gasteiger partial charge in [0.05, 0.1) is 18.7 Å². The minimum absolute atomic E-state index is 0.124. The predicted octanol–water partition coefficient (Wildman–Crippen LogP) is 4.58. The van der Waals surface area contributed by atoms with Crippen LogP contribution in [0.1, 0.15) is 22.9 Å². The van der Waals surface area contributed by atoms with Crippen LogP contribution in [0.15, 0.2) is 56.2 Å². The number of ether oxygens (including phenoxy) is 3. The maximum absolute atomic E-state index is 11.2. The lowest BCUT2D eigenvalue weighted by atomic mass is 10.2. The number of hydrogen-bond donors (Lipinski definition) is 1. The summed E-state index contributed by atoms with van der Waals surface area (Å²) in [6.07, 6.45) is 3.66. The zero-order chi connectivity index (χ0) is 23.2. The van der Waals surface area contributed by atoms with Gasteiger partial charge in [-0.25, -0.2) is 9.78 Å². The van der Waals surface area contributed by atoms with E-state index in [2.05, 4.69) is 19.6 Å². The first-order chi connectivity index (χ1) is 16.1. The van der Waals surface area contributed by atoms with Crippen molar-refractivity contribution in [2.24, 2.45) is 0 Å². The summed E-state index contributed by atoms with van der Waals surface area (Å²) < 4.78 is 26.6. The van der Waals surface area contributed by atoms with Crippen LogP contribution in [0.4, 0.5) is 0 Å². The fourth-order valence-corrected chi connectivity index (χ4v) is 3.25. The second-order valence-electron chi connectivity index (χ2n) is 6.84. The molecule has 0 aliphatic carbocycles. The van der Waals surface area contributed by atoms with Crippen LogP contribution in [-0.4, -0.2) is 29.3 Å². The van der Waals surface area contributed by atoms with Crippen LogP contribution in [0, 0.1) is 0 Å². The molecule has 0 spiro atoms. The van der Waals surface area contributed by atoms with Gasteiger partial charge >= 0.3 is 5.76 Å². The molecule has 0 atom stereocenters. The molecule has 0 bridgehead atoms. The smallest absolute Gasteiger partial charge is 0.439 e. The largest absolute Gasteiger partial charge is 0.497 e. The zero-order valence-corrected chi connectivity index (χ0v) is 18.6. The molecular formula is C23H20ClN3O6. The number of aromatic amines is 1. The number of rotatable bonds is 9. The van der Waals surface area contributed by atoms with Gasteiger partial charge in [0.2, 0.25) is 5.89 Å². The van der Waals surface area contributed by atoms with Crippen molar-refractivity contribution in [1.82, 2.24) is 15.1 Å². The highest BCUT2D eigenvalue weighted by Gasteiger charge is 2.14. The Bertz CT molecular complexity index is 1310. The molecule has 2 aromatic heterocycles. The van der Waals surface area contributed by atoms with Crippen molar-refractivity contribution < 1.29 is 23.2 Å². The quantitative estimate of drug-likeness (QED) is 0.379. The van der Waals surface area contributed by atoms with E-state index in [1.54, 1.807) is 38.5 Å². The fraction of sp³-hybridized carbons (Fsp3) is 0.174. The third kappa shape index (κ3) is 5.51. The third-order valence-electron chi connectivity index (χ3n) is 4.62. The van der Waals surface area contributed by atoms with Crippen LogP contribution in [0.2, 0.25) is 5.02 Å². The number of nitrogens with one attached hydrogen (secondary N) is 1. The van der Waals surface area contributed by atoms with Gasteiger partial charge < -0.3 is 18.6 Å². The average molecular weight is 470 g/mol. The van der Waals surface area contributed by atoms with Crippen LogP contribution < -0.4 is 15.2 Å². The lowest BCUT2D eigenvalue weighted by molar-refractivity contribution is 0.176. The summed E-state index contributed by atoms with van der Waals surface area (Å²) in [7, 11) is 3.21. The highest BCUT2D eigenvalue weighted by atomic mass is 35.5. The van der Waals surface area contributed by atoms with Crippen LogP contribution >= 0.6 is 11.6 Å². The number of halogens is 1. The highest BCUT2D eigenvalue weighted by Crippen LogP contribution is 2.29. The van der Waals surface area contributed by atoms with Gasteiger partial charge in [0.15, 0.2) is 11.6 Å². The van der Waals surface area contributed by atoms with Gasteiger partial charge in [0.1, 0.15) is 23.8 Å². The molecule has 0 saturated heterocycles. The number of aromatic nitrogens is 3. The van der Waals surface area contributed by atoms with E-state index in [0.29, 0.717) is 33.7 Å². The van der Waals surface area contributed by atoms with Crippen LogP contribution in [0.5, 0.6) is 11.5 Å². The summed E-state index contributed by atoms with van der Waals surface area (Å²) in [5.74, 6) is 1.83. The molecule has 10 heteroatoms. The lowest BCUT2D eigenvalue weighted by Gasteiger charge is -2.07. The molecule has 2 aromatic carbocycles. The van der Waals surface area contributed by atoms with Crippen molar-refractivity contribution in [1.29, 1.82) is 0 Å². The molecule has 0 radical (unpaired) electrons. The summed E-state index contributed by atoms with van der Waals surface area (Å²) in [4.78, 5) is 18.1. The molecule has 4 aromatic rings. The molecular weight excluding hydrogens is 450 g/mol. The van der Waals surface area contributed by atoms with E-state index < -0.39 is 5.76 Å². The van der Waals surface area contributed by atoms with Gasteiger partial charge in [0, 0.05) is 18.7 Å². The first kappa shape index (κ1) is 22.4. The standard InChI is InChI=1S/C23H20ClN3O6/c1-29-12-19-20(32-21(25-19)10-5-14-3-6-15(30-2)7-4-14)13-31-16-8-9-17(18(24)11-16)22-26-23(28)33-27-22/h3-11H,12-13H2,1-2H3,(H,26,27,28)/b10-5+. The van der Waals surface area contributed by atoms with E-state index in [9.17, 15) is 4.79 Å². The molecule has 4 rings (SSSR count). The molecule has 0 aliphatic heterocycles. The summed E-state index contributed by atoms with van der Waals surface area (Å²) >= 11 is 6.30. The van der Waals surface area contributed by atoms with Crippen molar-refractivity contribution in [2.45, 2.75) is 13.2 Å². The SMILES string of the molecule is COCc1nc(/C=C/c2ccc(OC)cc2)oc1COc1ccc(-c2noc(=O)[nH]2)c(Cl)c1. The van der Waals surface area contributed by atoms with Gasteiger partial charge in [-0.05, 0) is 42.0 Å². The van der Waals surface area contributed by atoms with E-state index in [4.69, 9.17) is 30.2 Å². The van der Waals surface area contributed by atoms with E-state index in [0.717, 1.165) is 11.3 Å². The van der Waals surface area contributed by atoms with E-state index >= 15 is 0 Å². The van der Waals surface area contributed by atoms with Crippen molar-refractivity contribution in [2.75, 3.05) is 14.2 Å². The van der Waals surface area contributed by atoms with Crippen molar-refractivity contribution in [3.8, 4) is 22.9 Å². The van der Waals surface area contributed by atoms with Crippen LogP contribution in [-0.2, 0) is 18.0 Å². The third-order valence-corrected chi connectivity index (χ3v) is 4.93. The van der Waals surface area contributed by atoms with Crippen LogP contribution in [0.3, 0.4) is 0 Å². The number of nitrogens with zero attached hydrogens (tertiary/aromatic N) is 2. The summed E-state index contributed by atoms with van der Waals surface area (Å²) in [5.41, 5.74) is 2.12. The maximum atomic E-state index is 11.2. The van der Waals surface area contributed by atoms with Gasteiger partial charge in [-0.1, -0.05) is 28.9 Å². The van der Waals surface area contributed by atoms with Gasteiger partial charge in [-0.3, -0.25) is 9.51 Å². The Labute approximate surface area is 193 Å². The van der Waals surface area contributed by atoms with Crippen molar-refractivity contribution in [3.05, 3.63) is 80.9 Å². The average Bonchev–Trinajstić information content (AvgIpc) is 3.42. The monoisotopic (exact) mass is 469 g/mol. The van der Waals surface area contributed by atoms with Crippen molar-refractivity contribution in [3.63, 3.8) is 0 Å².